The molecule has 2 rings (SSSR count). The van der Waals surface area contributed by atoms with Crippen molar-refractivity contribution in [1.29, 1.82) is 0 Å². The molecule has 5 nitrogen and oxygen atoms in total. The number of benzene rings is 1. The molecule has 0 spiro atoms. The van der Waals surface area contributed by atoms with E-state index in [1.807, 2.05) is 14.0 Å². The van der Waals surface area contributed by atoms with Gasteiger partial charge in [0.15, 0.2) is 5.82 Å². The van der Waals surface area contributed by atoms with Crippen LogP contribution in [0.3, 0.4) is 0 Å². The Hall–Kier alpha value is -2.01. The van der Waals surface area contributed by atoms with Crippen LogP contribution in [0.5, 0.6) is 0 Å². The van der Waals surface area contributed by atoms with Gasteiger partial charge in [-0.25, -0.2) is 4.98 Å². The van der Waals surface area contributed by atoms with Gasteiger partial charge < -0.3 is 15.2 Å². The van der Waals surface area contributed by atoms with Gasteiger partial charge in [-0.2, -0.15) is 0 Å². The number of halogens is 1. The summed E-state index contributed by atoms with van der Waals surface area (Å²) in [4.78, 5) is 18.1. The van der Waals surface area contributed by atoms with Gasteiger partial charge in [0.1, 0.15) is 0 Å². The summed E-state index contributed by atoms with van der Waals surface area (Å²) in [5, 5.41) is 0.623. The number of nitrogen functional groups attached to an aromatic ring is 1. The molecule has 6 heteroatoms. The van der Waals surface area contributed by atoms with Crippen LogP contribution in [0.15, 0.2) is 35.4 Å². The van der Waals surface area contributed by atoms with E-state index < -0.39 is 0 Å². The van der Waals surface area contributed by atoms with Crippen LogP contribution in [0.25, 0.3) is 0 Å². The first-order valence-corrected chi connectivity index (χ1v) is 6.71. The van der Waals surface area contributed by atoms with E-state index in [0.29, 0.717) is 29.6 Å². The standard InChI is InChI=1S/C14H17ClN4O/c1-3-19-7-6-17-13(14(19)20)18(2)9-10-8-11(16)4-5-12(10)15/h4-8H,3,9,16H2,1-2H3. The molecule has 2 aromatic rings. The highest BCUT2D eigenvalue weighted by Gasteiger charge is 2.11. The molecule has 2 N–H and O–H groups in total. The van der Waals surface area contributed by atoms with Gasteiger partial charge in [0.05, 0.1) is 0 Å². The summed E-state index contributed by atoms with van der Waals surface area (Å²) in [5.41, 5.74) is 7.15. The summed E-state index contributed by atoms with van der Waals surface area (Å²) in [7, 11) is 1.81. The van der Waals surface area contributed by atoms with Crippen LogP contribution in [0.1, 0.15) is 12.5 Å². The molecular weight excluding hydrogens is 276 g/mol. The van der Waals surface area contributed by atoms with Crippen molar-refractivity contribution in [2.24, 2.45) is 0 Å². The fourth-order valence-corrected chi connectivity index (χ4v) is 2.17. The van der Waals surface area contributed by atoms with Crippen molar-refractivity contribution in [2.45, 2.75) is 20.0 Å². The van der Waals surface area contributed by atoms with Crippen molar-refractivity contribution >= 4 is 23.1 Å². The predicted octanol–water partition coefficient (Wildman–Crippen LogP) is 2.14. The molecule has 0 aliphatic rings. The monoisotopic (exact) mass is 292 g/mol. The van der Waals surface area contributed by atoms with Gasteiger partial charge in [0, 0.05) is 43.2 Å². The zero-order chi connectivity index (χ0) is 14.7. The Labute approximate surface area is 122 Å². The van der Waals surface area contributed by atoms with Gasteiger partial charge in [-0.1, -0.05) is 11.6 Å². The van der Waals surface area contributed by atoms with Crippen molar-refractivity contribution in [3.05, 3.63) is 51.5 Å². The SMILES string of the molecule is CCn1ccnc(N(C)Cc2cc(N)ccc2Cl)c1=O. The van der Waals surface area contributed by atoms with E-state index in [2.05, 4.69) is 4.98 Å². The Morgan fingerprint density at radius 1 is 1.45 bits per heavy atom. The van der Waals surface area contributed by atoms with Gasteiger partial charge in [0.2, 0.25) is 0 Å². The number of anilines is 2. The Morgan fingerprint density at radius 3 is 2.90 bits per heavy atom. The van der Waals surface area contributed by atoms with Crippen LogP contribution in [0.4, 0.5) is 11.5 Å². The number of hydrogen-bond acceptors (Lipinski definition) is 4. The second-order valence-corrected chi connectivity index (χ2v) is 4.96. The van der Waals surface area contributed by atoms with Crippen molar-refractivity contribution in [3.8, 4) is 0 Å². The Balaban J connectivity index is 2.31. The molecule has 20 heavy (non-hydrogen) atoms. The van der Waals surface area contributed by atoms with E-state index in [1.54, 1.807) is 40.1 Å². The van der Waals surface area contributed by atoms with Crippen LogP contribution in [0.2, 0.25) is 5.02 Å². The zero-order valence-corrected chi connectivity index (χ0v) is 12.3. The summed E-state index contributed by atoms with van der Waals surface area (Å²) in [5.74, 6) is 0.396. The number of aromatic nitrogens is 2. The van der Waals surface area contributed by atoms with Crippen LogP contribution in [0, 0.1) is 0 Å². The summed E-state index contributed by atoms with van der Waals surface area (Å²) >= 11 is 6.14. The molecule has 1 aromatic heterocycles. The first-order chi connectivity index (χ1) is 9.52. The minimum Gasteiger partial charge on any atom is -0.399 e. The highest BCUT2D eigenvalue weighted by molar-refractivity contribution is 6.31. The molecule has 0 fully saturated rings. The first-order valence-electron chi connectivity index (χ1n) is 6.33. The molecule has 0 radical (unpaired) electrons. The summed E-state index contributed by atoms with van der Waals surface area (Å²) in [6, 6.07) is 5.31. The molecular formula is C14H17ClN4O. The Morgan fingerprint density at radius 2 is 2.20 bits per heavy atom. The average Bonchev–Trinajstić information content (AvgIpc) is 2.43. The molecule has 1 heterocycles. The van der Waals surface area contributed by atoms with Crippen molar-refractivity contribution in [1.82, 2.24) is 9.55 Å². The van der Waals surface area contributed by atoms with E-state index >= 15 is 0 Å². The fourth-order valence-electron chi connectivity index (χ4n) is 1.99. The third-order valence-electron chi connectivity index (χ3n) is 3.08. The van der Waals surface area contributed by atoms with E-state index in [-0.39, 0.29) is 5.56 Å². The highest BCUT2D eigenvalue weighted by Crippen LogP contribution is 2.21. The lowest BCUT2D eigenvalue weighted by Crippen LogP contribution is -2.30. The van der Waals surface area contributed by atoms with Crippen molar-refractivity contribution in [3.63, 3.8) is 0 Å². The average molecular weight is 293 g/mol. The normalized spacial score (nSPS) is 10.6. The first kappa shape index (κ1) is 14.4. The molecule has 0 saturated carbocycles. The molecule has 0 amide bonds. The highest BCUT2D eigenvalue weighted by atomic mass is 35.5. The van der Waals surface area contributed by atoms with Crippen LogP contribution in [-0.4, -0.2) is 16.6 Å². The molecule has 0 bridgehead atoms. The van der Waals surface area contributed by atoms with Gasteiger partial charge in [-0.05, 0) is 30.7 Å². The van der Waals surface area contributed by atoms with E-state index in [4.69, 9.17) is 17.3 Å². The molecule has 0 atom stereocenters. The Kier molecular flexibility index (Phi) is 4.29. The fraction of sp³-hybridized carbons (Fsp3) is 0.286. The quantitative estimate of drug-likeness (QED) is 0.877. The lowest BCUT2D eigenvalue weighted by Gasteiger charge is -2.19. The summed E-state index contributed by atoms with van der Waals surface area (Å²) in [6.45, 7) is 3.00. The predicted molar refractivity (Wildman–Crippen MR) is 82.1 cm³/mol. The number of nitrogens with two attached hydrogens (primary N) is 1. The second-order valence-electron chi connectivity index (χ2n) is 4.55. The molecule has 1 aromatic carbocycles. The van der Waals surface area contributed by atoms with Crippen LogP contribution < -0.4 is 16.2 Å². The molecule has 0 saturated heterocycles. The van der Waals surface area contributed by atoms with Gasteiger partial charge in [-0.15, -0.1) is 0 Å². The van der Waals surface area contributed by atoms with Gasteiger partial charge >= 0.3 is 0 Å². The van der Waals surface area contributed by atoms with E-state index in [1.165, 1.54) is 0 Å². The Bertz CT molecular complexity index is 668. The molecule has 106 valence electrons. The maximum atomic E-state index is 12.2. The number of hydrogen-bond donors (Lipinski definition) is 1. The number of aryl methyl sites for hydroxylation is 1. The summed E-state index contributed by atoms with van der Waals surface area (Å²) < 4.78 is 1.61. The topological polar surface area (TPSA) is 64.2 Å². The molecule has 0 aliphatic heterocycles. The lowest BCUT2D eigenvalue weighted by molar-refractivity contribution is 0.708. The van der Waals surface area contributed by atoms with E-state index in [9.17, 15) is 4.79 Å². The van der Waals surface area contributed by atoms with Crippen molar-refractivity contribution < 1.29 is 0 Å². The maximum Gasteiger partial charge on any atom is 0.293 e. The largest absolute Gasteiger partial charge is 0.399 e. The molecule has 0 aliphatic carbocycles. The van der Waals surface area contributed by atoms with Gasteiger partial charge in [-0.3, -0.25) is 4.79 Å². The third-order valence-corrected chi connectivity index (χ3v) is 3.44. The maximum absolute atomic E-state index is 12.2. The minimum atomic E-state index is -0.113. The van der Waals surface area contributed by atoms with Crippen LogP contribution >= 0.6 is 11.6 Å². The lowest BCUT2D eigenvalue weighted by atomic mass is 10.2. The smallest absolute Gasteiger partial charge is 0.293 e. The molecule has 0 unspecified atom stereocenters. The van der Waals surface area contributed by atoms with E-state index in [0.717, 1.165) is 5.56 Å². The van der Waals surface area contributed by atoms with Crippen molar-refractivity contribution in [2.75, 3.05) is 17.7 Å². The second kappa shape index (κ2) is 5.96. The number of rotatable bonds is 4. The number of nitrogens with zero attached hydrogens (tertiary/aromatic N) is 3. The summed E-state index contributed by atoms with van der Waals surface area (Å²) in [6.07, 6.45) is 3.30. The van der Waals surface area contributed by atoms with Gasteiger partial charge in [0.25, 0.3) is 5.56 Å². The van der Waals surface area contributed by atoms with Crippen LogP contribution in [-0.2, 0) is 13.1 Å². The zero-order valence-electron chi connectivity index (χ0n) is 11.5. The minimum absolute atomic E-state index is 0.113. The third kappa shape index (κ3) is 2.93.